The van der Waals surface area contributed by atoms with Crippen molar-refractivity contribution < 1.29 is 13.2 Å². The largest absolute Gasteiger partial charge is 0.350 e. The van der Waals surface area contributed by atoms with E-state index in [4.69, 9.17) is 0 Å². The predicted octanol–water partition coefficient (Wildman–Crippen LogP) is 3.47. The average Bonchev–Trinajstić information content (AvgIpc) is 3.25. The van der Waals surface area contributed by atoms with Gasteiger partial charge in [-0.15, -0.1) is 0 Å². The van der Waals surface area contributed by atoms with Crippen molar-refractivity contribution in [3.8, 4) is 0 Å². The van der Waals surface area contributed by atoms with Gasteiger partial charge >= 0.3 is 0 Å². The van der Waals surface area contributed by atoms with Crippen molar-refractivity contribution >= 4 is 21.6 Å². The summed E-state index contributed by atoms with van der Waals surface area (Å²) in [4.78, 5) is 15.0. The van der Waals surface area contributed by atoms with Crippen LogP contribution in [0.1, 0.15) is 27.5 Å². The molecular weight excluding hydrogens is 422 g/mol. The third-order valence-corrected chi connectivity index (χ3v) is 7.60. The smallest absolute Gasteiger partial charge is 0.264 e. The van der Waals surface area contributed by atoms with Gasteiger partial charge in [0.2, 0.25) is 0 Å². The molecule has 3 aromatic rings. The molecule has 1 unspecified atom stereocenters. The number of benzene rings is 3. The highest BCUT2D eigenvalue weighted by atomic mass is 32.2. The van der Waals surface area contributed by atoms with E-state index in [1.54, 1.807) is 18.2 Å². The Morgan fingerprint density at radius 2 is 1.72 bits per heavy atom. The van der Waals surface area contributed by atoms with Crippen LogP contribution in [0.15, 0.2) is 83.8 Å². The summed E-state index contributed by atoms with van der Waals surface area (Å²) in [6.07, 6.45) is 0.682. The number of rotatable bonds is 7. The third-order valence-electron chi connectivity index (χ3n) is 5.79. The first-order chi connectivity index (χ1) is 15.4. The molecule has 1 amide bonds. The van der Waals surface area contributed by atoms with E-state index in [2.05, 4.69) is 5.32 Å². The lowest BCUT2D eigenvalue weighted by molar-refractivity contribution is 0.0941. The van der Waals surface area contributed by atoms with Crippen LogP contribution < -0.4 is 9.62 Å². The molecule has 3 aromatic carbocycles. The highest BCUT2D eigenvalue weighted by Crippen LogP contribution is 2.32. The minimum absolute atomic E-state index is 0.00756. The zero-order valence-corrected chi connectivity index (χ0v) is 19.0. The van der Waals surface area contributed by atoms with E-state index in [-0.39, 0.29) is 16.8 Å². The molecule has 0 saturated carbocycles. The number of hydrogen-bond acceptors (Lipinski definition) is 4. The summed E-state index contributed by atoms with van der Waals surface area (Å²) in [6.45, 7) is 0.812. The first kappa shape index (κ1) is 22.0. The zero-order valence-electron chi connectivity index (χ0n) is 18.2. The van der Waals surface area contributed by atoms with Crippen molar-refractivity contribution in [1.82, 2.24) is 10.2 Å². The number of sulfonamides is 1. The molecule has 0 bridgehead atoms. The number of likely N-dealkylation sites (N-methyl/N-ethyl adjacent to an activating group) is 1. The molecule has 0 fully saturated rings. The van der Waals surface area contributed by atoms with Gasteiger partial charge in [-0.1, -0.05) is 54.6 Å². The fourth-order valence-electron chi connectivity index (χ4n) is 4.05. The second-order valence-electron chi connectivity index (χ2n) is 8.08. The maximum Gasteiger partial charge on any atom is 0.264 e. The number of para-hydroxylation sites is 1. The van der Waals surface area contributed by atoms with Gasteiger partial charge in [-0.2, -0.15) is 0 Å². The number of carbonyl (C=O) groups is 1. The van der Waals surface area contributed by atoms with Crippen LogP contribution in [0.2, 0.25) is 0 Å². The van der Waals surface area contributed by atoms with Crippen molar-refractivity contribution in [3.63, 3.8) is 0 Å². The minimum atomic E-state index is -3.75. The van der Waals surface area contributed by atoms with Crippen molar-refractivity contribution in [1.29, 1.82) is 0 Å². The van der Waals surface area contributed by atoms with Gasteiger partial charge in [0, 0.05) is 18.7 Å². The van der Waals surface area contributed by atoms with Gasteiger partial charge in [-0.05, 0) is 55.9 Å². The number of hydrogen-bond donors (Lipinski definition) is 1. The van der Waals surface area contributed by atoms with Crippen LogP contribution in [0.3, 0.4) is 0 Å². The highest BCUT2D eigenvalue weighted by Gasteiger charge is 2.31. The van der Waals surface area contributed by atoms with Crippen LogP contribution in [0.25, 0.3) is 0 Å². The maximum absolute atomic E-state index is 13.3. The lowest BCUT2D eigenvalue weighted by Gasteiger charge is -2.25. The number of nitrogens with zero attached hydrogens (tertiary/aromatic N) is 2. The Morgan fingerprint density at radius 1 is 1.00 bits per heavy atom. The van der Waals surface area contributed by atoms with Crippen LogP contribution >= 0.6 is 0 Å². The first-order valence-electron chi connectivity index (χ1n) is 10.6. The summed E-state index contributed by atoms with van der Waals surface area (Å²) >= 11 is 0. The molecule has 1 aliphatic heterocycles. The number of carbonyl (C=O) groups excluding carboxylic acids is 1. The molecule has 0 saturated heterocycles. The standard InChI is InChI=1S/C25H27N3O3S/c1-27(2)24(19-9-4-3-5-10-19)18-26-25(29)21-12-8-13-22(17-21)32(30,31)28-16-15-20-11-6-7-14-23(20)28/h3-14,17,24H,15-16,18H2,1-2H3,(H,26,29). The Hall–Kier alpha value is -3.16. The summed E-state index contributed by atoms with van der Waals surface area (Å²) in [6, 6.07) is 23.7. The molecule has 1 heterocycles. The summed E-state index contributed by atoms with van der Waals surface area (Å²) in [5.74, 6) is -0.299. The topological polar surface area (TPSA) is 69.7 Å². The Labute approximate surface area is 189 Å². The zero-order chi connectivity index (χ0) is 22.7. The number of anilines is 1. The van der Waals surface area contributed by atoms with E-state index in [0.717, 1.165) is 11.1 Å². The predicted molar refractivity (Wildman–Crippen MR) is 126 cm³/mol. The Bertz CT molecular complexity index is 1210. The Balaban J connectivity index is 1.52. The molecule has 0 radical (unpaired) electrons. The molecule has 32 heavy (non-hydrogen) atoms. The second-order valence-corrected chi connectivity index (χ2v) is 9.95. The SMILES string of the molecule is CN(C)C(CNC(=O)c1cccc(S(=O)(=O)N2CCc3ccccc32)c1)c1ccccc1. The van der Waals surface area contributed by atoms with E-state index in [1.807, 2.05) is 73.6 Å². The van der Waals surface area contributed by atoms with Crippen LogP contribution in [-0.2, 0) is 16.4 Å². The van der Waals surface area contributed by atoms with E-state index in [9.17, 15) is 13.2 Å². The first-order valence-corrected chi connectivity index (χ1v) is 12.0. The summed E-state index contributed by atoms with van der Waals surface area (Å²) in [5, 5.41) is 2.95. The van der Waals surface area contributed by atoms with Crippen molar-refractivity contribution in [2.24, 2.45) is 0 Å². The molecule has 4 rings (SSSR count). The minimum Gasteiger partial charge on any atom is -0.350 e. The fourth-order valence-corrected chi connectivity index (χ4v) is 5.60. The number of amides is 1. The van der Waals surface area contributed by atoms with Gasteiger partial charge in [0.1, 0.15) is 0 Å². The molecule has 6 nitrogen and oxygen atoms in total. The lowest BCUT2D eigenvalue weighted by atomic mass is 10.1. The van der Waals surface area contributed by atoms with Gasteiger partial charge in [-0.25, -0.2) is 8.42 Å². The van der Waals surface area contributed by atoms with Crippen molar-refractivity contribution in [2.45, 2.75) is 17.4 Å². The third kappa shape index (κ3) is 4.40. The normalized spacial score (nSPS) is 14.3. The number of fused-ring (bicyclic) bond motifs is 1. The van der Waals surface area contributed by atoms with Crippen molar-refractivity contribution in [3.05, 3.63) is 95.6 Å². The van der Waals surface area contributed by atoms with E-state index < -0.39 is 10.0 Å². The van der Waals surface area contributed by atoms with E-state index >= 15 is 0 Å². The van der Waals surface area contributed by atoms with E-state index in [0.29, 0.717) is 30.8 Å². The van der Waals surface area contributed by atoms with Gasteiger partial charge in [0.25, 0.3) is 15.9 Å². The van der Waals surface area contributed by atoms with Gasteiger partial charge in [-0.3, -0.25) is 9.10 Å². The molecule has 0 spiro atoms. The van der Waals surface area contributed by atoms with Crippen LogP contribution in [-0.4, -0.2) is 46.4 Å². The van der Waals surface area contributed by atoms with Crippen LogP contribution in [0, 0.1) is 0 Å². The molecule has 1 aliphatic rings. The van der Waals surface area contributed by atoms with Crippen LogP contribution in [0.5, 0.6) is 0 Å². The van der Waals surface area contributed by atoms with Gasteiger partial charge in [0.15, 0.2) is 0 Å². The summed E-state index contributed by atoms with van der Waals surface area (Å²) in [7, 11) is 0.176. The summed E-state index contributed by atoms with van der Waals surface area (Å²) < 4.78 is 28.0. The van der Waals surface area contributed by atoms with Gasteiger partial charge < -0.3 is 10.2 Å². The molecule has 1 atom stereocenters. The molecule has 0 aliphatic carbocycles. The molecule has 166 valence electrons. The monoisotopic (exact) mass is 449 g/mol. The molecule has 1 N–H and O–H groups in total. The quantitative estimate of drug-likeness (QED) is 0.600. The Kier molecular flexibility index (Phi) is 6.30. The summed E-state index contributed by atoms with van der Waals surface area (Å²) in [5.41, 5.74) is 3.14. The van der Waals surface area contributed by atoms with Gasteiger partial charge in [0.05, 0.1) is 16.6 Å². The average molecular weight is 450 g/mol. The van der Waals surface area contributed by atoms with Crippen LogP contribution in [0.4, 0.5) is 5.69 Å². The fraction of sp³-hybridized carbons (Fsp3) is 0.240. The number of nitrogens with one attached hydrogen (secondary N) is 1. The molecular formula is C25H27N3O3S. The highest BCUT2D eigenvalue weighted by molar-refractivity contribution is 7.92. The molecule has 7 heteroatoms. The Morgan fingerprint density at radius 3 is 2.47 bits per heavy atom. The maximum atomic E-state index is 13.3. The van der Waals surface area contributed by atoms with E-state index in [1.165, 1.54) is 10.4 Å². The molecule has 0 aromatic heterocycles. The lowest BCUT2D eigenvalue weighted by Crippen LogP contribution is -2.34. The second kappa shape index (κ2) is 9.14. The van der Waals surface area contributed by atoms with Crippen molar-refractivity contribution in [2.75, 3.05) is 31.5 Å².